The zero-order chi connectivity index (χ0) is 21.7. The van der Waals surface area contributed by atoms with Crippen LogP contribution in [0.2, 0.25) is 0 Å². The van der Waals surface area contributed by atoms with Crippen LogP contribution in [0.4, 0.5) is 0 Å². The van der Waals surface area contributed by atoms with E-state index in [-0.39, 0.29) is 12.2 Å². The summed E-state index contributed by atoms with van der Waals surface area (Å²) in [7, 11) is 0. The van der Waals surface area contributed by atoms with Gasteiger partial charge in [-0.25, -0.2) is 0 Å². The van der Waals surface area contributed by atoms with Gasteiger partial charge >= 0.3 is 0 Å². The number of fused-ring (bicyclic) bond motifs is 2. The molecule has 1 atom stereocenters. The summed E-state index contributed by atoms with van der Waals surface area (Å²) in [6, 6.07) is 19.0. The van der Waals surface area contributed by atoms with Crippen LogP contribution in [0.25, 0.3) is 22.4 Å². The number of rotatable bonds is 3. The van der Waals surface area contributed by atoms with E-state index < -0.39 is 6.10 Å². The Labute approximate surface area is 193 Å². The fourth-order valence-corrected chi connectivity index (χ4v) is 4.78. The van der Waals surface area contributed by atoms with Crippen molar-refractivity contribution in [2.45, 2.75) is 6.10 Å². The number of para-hydroxylation sites is 2. The smallest absolute Gasteiger partial charge is 0.291 e. The minimum absolute atomic E-state index is 0.249. The number of halogens is 1. The molecule has 0 radical (unpaired) electrons. The molecule has 1 unspecified atom stereocenters. The summed E-state index contributed by atoms with van der Waals surface area (Å²) in [6.45, 7) is 0.285. The van der Waals surface area contributed by atoms with E-state index >= 15 is 0 Å². The maximum atomic E-state index is 12.9. The molecule has 2 aromatic carbocycles. The van der Waals surface area contributed by atoms with Gasteiger partial charge in [-0.05, 0) is 36.4 Å². The Morgan fingerprint density at radius 2 is 1.97 bits per heavy atom. The second-order valence-electron chi connectivity index (χ2n) is 7.16. The Hall–Kier alpha value is -3.43. The van der Waals surface area contributed by atoms with Crippen LogP contribution in [0.3, 0.4) is 0 Å². The first-order valence-corrected chi connectivity index (χ1v) is 11.4. The predicted octanol–water partition coefficient (Wildman–Crippen LogP) is 4.23. The average Bonchev–Trinajstić information content (AvgIpc) is 3.51. The lowest BCUT2D eigenvalue weighted by Crippen LogP contribution is -2.26. The Kier molecular flexibility index (Phi) is 4.58. The molecule has 9 heteroatoms. The highest BCUT2D eigenvalue weighted by atomic mass is 79.9. The van der Waals surface area contributed by atoms with Crippen LogP contribution in [0, 0.1) is 0 Å². The quantitative estimate of drug-likeness (QED) is 0.363. The van der Waals surface area contributed by atoms with Crippen molar-refractivity contribution in [3.8, 4) is 22.8 Å². The van der Waals surface area contributed by atoms with E-state index in [2.05, 4.69) is 26.0 Å². The number of hydrogen-bond donors (Lipinski definition) is 0. The van der Waals surface area contributed by atoms with Gasteiger partial charge in [-0.15, -0.1) is 5.10 Å². The molecule has 0 spiro atoms. The highest BCUT2D eigenvalue weighted by Crippen LogP contribution is 2.35. The molecule has 3 aromatic heterocycles. The maximum absolute atomic E-state index is 12.9. The first-order valence-electron chi connectivity index (χ1n) is 9.79. The minimum atomic E-state index is -0.471. The largest absolute Gasteiger partial charge is 0.485 e. The van der Waals surface area contributed by atoms with E-state index in [1.807, 2.05) is 60.7 Å². The molecule has 6 rings (SSSR count). The zero-order valence-corrected chi connectivity index (χ0v) is 18.8. The Morgan fingerprint density at radius 1 is 1.09 bits per heavy atom. The van der Waals surface area contributed by atoms with Crippen molar-refractivity contribution < 1.29 is 13.9 Å². The fourth-order valence-electron chi connectivity index (χ4n) is 3.49. The third kappa shape index (κ3) is 3.39. The van der Waals surface area contributed by atoms with E-state index in [0.29, 0.717) is 32.6 Å². The fraction of sp³-hybridized carbons (Fsp3) is 0.0870. The standard InChI is InChI=1S/C23H14BrN3O4S/c24-14-5-3-4-13(10-14)16-9-8-15(30-16)11-20-22(28)27-23(32-20)25-21(26-27)19-12-29-17-6-1-2-7-18(17)31-19/h1-11,19H,12H2/b20-11+. The van der Waals surface area contributed by atoms with Gasteiger partial charge in [-0.3, -0.25) is 4.79 Å². The number of thiazole rings is 1. The van der Waals surface area contributed by atoms with Crippen LogP contribution in [-0.2, 0) is 0 Å². The van der Waals surface area contributed by atoms with Crippen LogP contribution < -0.4 is 19.6 Å². The molecule has 0 saturated carbocycles. The van der Waals surface area contributed by atoms with Crippen molar-refractivity contribution in [3.63, 3.8) is 0 Å². The lowest BCUT2D eigenvalue weighted by atomic mass is 10.2. The zero-order valence-electron chi connectivity index (χ0n) is 16.4. The van der Waals surface area contributed by atoms with E-state index in [1.54, 1.807) is 6.08 Å². The molecule has 0 saturated heterocycles. The third-order valence-electron chi connectivity index (χ3n) is 5.00. The van der Waals surface area contributed by atoms with Gasteiger partial charge in [-0.2, -0.15) is 9.50 Å². The van der Waals surface area contributed by atoms with E-state index in [1.165, 1.54) is 15.9 Å². The molecule has 158 valence electrons. The summed E-state index contributed by atoms with van der Waals surface area (Å²) >= 11 is 4.72. The first-order chi connectivity index (χ1) is 15.6. The number of aromatic nitrogens is 3. The lowest BCUT2D eigenvalue weighted by molar-refractivity contribution is 0.0852. The van der Waals surface area contributed by atoms with Gasteiger partial charge < -0.3 is 13.9 Å². The number of furan rings is 1. The van der Waals surface area contributed by atoms with Crippen molar-refractivity contribution in [3.05, 3.63) is 91.6 Å². The normalized spacial score (nSPS) is 16.0. The minimum Gasteiger partial charge on any atom is -0.485 e. The molecule has 1 aliphatic rings. The van der Waals surface area contributed by atoms with Gasteiger partial charge in [0, 0.05) is 16.1 Å². The average molecular weight is 508 g/mol. The van der Waals surface area contributed by atoms with E-state index in [4.69, 9.17) is 13.9 Å². The molecule has 0 fully saturated rings. The molecule has 0 N–H and O–H groups in total. The topological polar surface area (TPSA) is 78.9 Å². The summed E-state index contributed by atoms with van der Waals surface area (Å²) in [5.41, 5.74) is 0.700. The Bertz CT molecular complexity index is 1570. The van der Waals surface area contributed by atoms with Crippen LogP contribution in [0.1, 0.15) is 17.7 Å². The summed E-state index contributed by atoms with van der Waals surface area (Å²) < 4.78 is 20.4. The summed E-state index contributed by atoms with van der Waals surface area (Å²) in [6.07, 6.45) is 1.24. The highest BCUT2D eigenvalue weighted by Gasteiger charge is 2.27. The summed E-state index contributed by atoms with van der Waals surface area (Å²) in [4.78, 5) is 17.9. The van der Waals surface area contributed by atoms with Gasteiger partial charge in [0.2, 0.25) is 4.96 Å². The van der Waals surface area contributed by atoms with Gasteiger partial charge in [0.25, 0.3) is 5.56 Å². The molecule has 32 heavy (non-hydrogen) atoms. The molecule has 0 bridgehead atoms. The molecule has 0 aliphatic carbocycles. The molecule has 5 aromatic rings. The van der Waals surface area contributed by atoms with E-state index in [0.717, 1.165) is 15.8 Å². The van der Waals surface area contributed by atoms with Gasteiger partial charge in [0.15, 0.2) is 23.4 Å². The maximum Gasteiger partial charge on any atom is 0.291 e. The van der Waals surface area contributed by atoms with Crippen molar-refractivity contribution in [2.24, 2.45) is 0 Å². The molecule has 7 nitrogen and oxygen atoms in total. The number of benzene rings is 2. The monoisotopic (exact) mass is 507 g/mol. The Morgan fingerprint density at radius 3 is 2.81 bits per heavy atom. The molecular weight excluding hydrogens is 494 g/mol. The van der Waals surface area contributed by atoms with Crippen LogP contribution in [-0.4, -0.2) is 21.2 Å². The van der Waals surface area contributed by atoms with Crippen LogP contribution in [0.15, 0.2) is 74.3 Å². The van der Waals surface area contributed by atoms with Crippen molar-refractivity contribution in [1.82, 2.24) is 14.6 Å². The third-order valence-corrected chi connectivity index (χ3v) is 6.46. The number of nitrogens with zero attached hydrogens (tertiary/aromatic N) is 3. The van der Waals surface area contributed by atoms with Gasteiger partial charge in [0.05, 0.1) is 0 Å². The summed E-state index contributed by atoms with van der Waals surface area (Å²) in [5, 5.41) is 4.38. The predicted molar refractivity (Wildman–Crippen MR) is 123 cm³/mol. The Balaban J connectivity index is 1.30. The van der Waals surface area contributed by atoms with Crippen LogP contribution >= 0.6 is 27.3 Å². The van der Waals surface area contributed by atoms with Crippen molar-refractivity contribution >= 4 is 38.3 Å². The number of ether oxygens (including phenoxy) is 2. The van der Waals surface area contributed by atoms with Crippen molar-refractivity contribution in [2.75, 3.05) is 6.61 Å². The molecule has 1 aliphatic heterocycles. The number of hydrogen-bond acceptors (Lipinski definition) is 7. The first kappa shape index (κ1) is 19.3. The highest BCUT2D eigenvalue weighted by molar-refractivity contribution is 9.10. The molecule has 4 heterocycles. The second kappa shape index (κ2) is 7.61. The molecular formula is C23H14BrN3O4S. The summed E-state index contributed by atoms with van der Waals surface area (Å²) in [5.74, 6) is 3.05. The van der Waals surface area contributed by atoms with Crippen LogP contribution in [0.5, 0.6) is 11.5 Å². The molecule has 0 amide bonds. The van der Waals surface area contributed by atoms with Gasteiger partial charge in [0.1, 0.15) is 22.7 Å². The second-order valence-corrected chi connectivity index (χ2v) is 9.08. The van der Waals surface area contributed by atoms with Crippen molar-refractivity contribution in [1.29, 1.82) is 0 Å². The SMILES string of the molecule is O=c1/c(=C\c2ccc(-c3cccc(Br)c3)o2)sc2nc(C3COc4ccccc4O3)nn12. The lowest BCUT2D eigenvalue weighted by Gasteiger charge is -2.24. The van der Waals surface area contributed by atoms with Gasteiger partial charge in [-0.1, -0.05) is 51.5 Å². The van der Waals surface area contributed by atoms with E-state index in [9.17, 15) is 4.79 Å².